The van der Waals surface area contributed by atoms with Crippen molar-refractivity contribution >= 4 is 17.5 Å². The first-order chi connectivity index (χ1) is 13.8. The molecule has 29 heavy (non-hydrogen) atoms. The summed E-state index contributed by atoms with van der Waals surface area (Å²) in [6, 6.07) is 18.9. The Kier molecular flexibility index (Phi) is 6.07. The van der Waals surface area contributed by atoms with E-state index in [0.717, 1.165) is 5.56 Å². The third-order valence-corrected chi connectivity index (χ3v) is 4.57. The number of carbonyl (C=O) groups is 2. The lowest BCUT2D eigenvalue weighted by atomic mass is 9.87. The number of benzene rings is 2. The maximum Gasteiger partial charge on any atom is 0.257 e. The molecule has 0 spiro atoms. The van der Waals surface area contributed by atoms with Gasteiger partial charge in [-0.3, -0.25) is 14.6 Å². The van der Waals surface area contributed by atoms with Gasteiger partial charge in [0.25, 0.3) is 11.8 Å². The predicted molar refractivity (Wildman–Crippen MR) is 115 cm³/mol. The first-order valence-electron chi connectivity index (χ1n) is 9.52. The molecule has 148 valence electrons. The van der Waals surface area contributed by atoms with E-state index in [9.17, 15) is 9.59 Å². The normalized spacial score (nSPS) is 11.0. The Balaban J connectivity index is 1.65. The molecule has 0 bridgehead atoms. The average molecular weight is 387 g/mol. The Morgan fingerprint density at radius 2 is 1.48 bits per heavy atom. The lowest BCUT2D eigenvalue weighted by Crippen LogP contribution is -2.23. The predicted octanol–water partition coefficient (Wildman–Crippen LogP) is 4.56. The molecule has 0 unspecified atom stereocenters. The third kappa shape index (κ3) is 5.51. The molecule has 2 N–H and O–H groups in total. The number of hydrogen-bond donors (Lipinski definition) is 2. The van der Waals surface area contributed by atoms with E-state index in [0.29, 0.717) is 23.4 Å². The van der Waals surface area contributed by atoms with Crippen molar-refractivity contribution in [2.45, 2.75) is 32.7 Å². The van der Waals surface area contributed by atoms with Crippen LogP contribution in [0.5, 0.6) is 0 Å². The number of carbonyl (C=O) groups excluding carboxylic acids is 2. The number of hydrogen-bond acceptors (Lipinski definition) is 3. The van der Waals surface area contributed by atoms with Crippen LogP contribution in [-0.4, -0.2) is 16.8 Å². The quantitative estimate of drug-likeness (QED) is 0.674. The van der Waals surface area contributed by atoms with Crippen LogP contribution in [0.3, 0.4) is 0 Å². The minimum atomic E-state index is -0.307. The number of nitrogens with one attached hydrogen (secondary N) is 2. The van der Waals surface area contributed by atoms with Gasteiger partial charge >= 0.3 is 0 Å². The summed E-state index contributed by atoms with van der Waals surface area (Å²) < 4.78 is 0. The van der Waals surface area contributed by atoms with E-state index in [1.54, 1.807) is 6.07 Å². The highest BCUT2D eigenvalue weighted by molar-refractivity contribution is 6.05. The minimum absolute atomic E-state index is 0.0495. The standard InChI is InChI=1S/C24H25N3O2/c1-24(2,3)20-9-11-21(12-10-20)27-23(29)19-13-18(15-25-16-19)22(28)26-14-17-7-5-4-6-8-17/h4-13,15-16H,14H2,1-3H3,(H,26,28)(H,27,29). The lowest BCUT2D eigenvalue weighted by molar-refractivity contribution is 0.0950. The molecule has 0 radical (unpaired) electrons. The summed E-state index contributed by atoms with van der Waals surface area (Å²) in [5, 5.41) is 5.69. The summed E-state index contributed by atoms with van der Waals surface area (Å²) in [5.74, 6) is -0.579. The zero-order valence-corrected chi connectivity index (χ0v) is 16.9. The maximum atomic E-state index is 12.6. The van der Waals surface area contributed by atoms with Crippen molar-refractivity contribution in [3.05, 3.63) is 95.3 Å². The van der Waals surface area contributed by atoms with Crippen LogP contribution in [0.25, 0.3) is 0 Å². The molecule has 5 heteroatoms. The molecule has 0 atom stereocenters. The van der Waals surface area contributed by atoms with Crippen molar-refractivity contribution in [2.75, 3.05) is 5.32 Å². The van der Waals surface area contributed by atoms with Crippen molar-refractivity contribution < 1.29 is 9.59 Å². The van der Waals surface area contributed by atoms with Crippen molar-refractivity contribution in [1.82, 2.24) is 10.3 Å². The van der Waals surface area contributed by atoms with Gasteiger partial charge in [-0.25, -0.2) is 0 Å². The highest BCUT2D eigenvalue weighted by Gasteiger charge is 2.14. The van der Waals surface area contributed by atoms with E-state index in [1.165, 1.54) is 18.0 Å². The summed E-state index contributed by atoms with van der Waals surface area (Å²) in [6.45, 7) is 6.83. The molecule has 1 aromatic heterocycles. The molecule has 5 nitrogen and oxygen atoms in total. The second kappa shape index (κ2) is 8.69. The second-order valence-corrected chi connectivity index (χ2v) is 7.91. The van der Waals surface area contributed by atoms with Gasteiger partial charge < -0.3 is 10.6 Å². The molecule has 3 rings (SSSR count). The van der Waals surface area contributed by atoms with Gasteiger partial charge in [-0.15, -0.1) is 0 Å². The highest BCUT2D eigenvalue weighted by Crippen LogP contribution is 2.23. The number of aromatic nitrogens is 1. The van der Waals surface area contributed by atoms with E-state index >= 15 is 0 Å². The molecular formula is C24H25N3O2. The van der Waals surface area contributed by atoms with Crippen LogP contribution >= 0.6 is 0 Å². The van der Waals surface area contributed by atoms with Gasteiger partial charge in [-0.2, -0.15) is 0 Å². The molecule has 1 heterocycles. The largest absolute Gasteiger partial charge is 0.348 e. The fraction of sp³-hybridized carbons (Fsp3) is 0.208. The molecule has 0 saturated carbocycles. The fourth-order valence-corrected chi connectivity index (χ4v) is 2.83. The lowest BCUT2D eigenvalue weighted by Gasteiger charge is -2.19. The molecule has 0 aliphatic heterocycles. The summed E-state index contributed by atoms with van der Waals surface area (Å²) in [7, 11) is 0. The third-order valence-electron chi connectivity index (χ3n) is 4.57. The van der Waals surface area contributed by atoms with E-state index in [2.05, 4.69) is 36.4 Å². The van der Waals surface area contributed by atoms with Crippen LogP contribution in [0.15, 0.2) is 73.1 Å². The summed E-state index contributed by atoms with van der Waals surface area (Å²) >= 11 is 0. The van der Waals surface area contributed by atoms with Crippen LogP contribution in [0.1, 0.15) is 52.6 Å². The van der Waals surface area contributed by atoms with Crippen molar-refractivity contribution in [2.24, 2.45) is 0 Å². The van der Waals surface area contributed by atoms with Crippen LogP contribution in [0.2, 0.25) is 0 Å². The Hall–Kier alpha value is -3.47. The summed E-state index contributed by atoms with van der Waals surface area (Å²) in [5.41, 5.74) is 3.61. The van der Waals surface area contributed by atoms with Gasteiger partial charge in [-0.05, 0) is 34.7 Å². The van der Waals surface area contributed by atoms with Gasteiger partial charge in [0.2, 0.25) is 0 Å². The zero-order chi connectivity index (χ0) is 20.9. The van der Waals surface area contributed by atoms with Gasteiger partial charge in [0.1, 0.15) is 0 Å². The number of pyridine rings is 1. The second-order valence-electron chi connectivity index (χ2n) is 7.91. The molecule has 0 aliphatic carbocycles. The SMILES string of the molecule is CC(C)(C)c1ccc(NC(=O)c2cncc(C(=O)NCc3ccccc3)c2)cc1. The van der Waals surface area contributed by atoms with E-state index < -0.39 is 0 Å². The summed E-state index contributed by atoms with van der Waals surface area (Å²) in [4.78, 5) is 29.0. The molecule has 0 fully saturated rings. The van der Waals surface area contributed by atoms with E-state index in [1.807, 2.05) is 54.6 Å². The molecule has 0 aliphatic rings. The van der Waals surface area contributed by atoms with Gasteiger partial charge in [-0.1, -0.05) is 63.2 Å². The molecule has 3 aromatic rings. The molecule has 2 aromatic carbocycles. The highest BCUT2D eigenvalue weighted by atomic mass is 16.2. The van der Waals surface area contributed by atoms with Gasteiger partial charge in [0.15, 0.2) is 0 Å². The smallest absolute Gasteiger partial charge is 0.257 e. The number of amides is 2. The number of anilines is 1. The Morgan fingerprint density at radius 1 is 0.862 bits per heavy atom. The van der Waals surface area contributed by atoms with Gasteiger partial charge in [0, 0.05) is 24.6 Å². The molecular weight excluding hydrogens is 362 g/mol. The Morgan fingerprint density at radius 3 is 2.10 bits per heavy atom. The topological polar surface area (TPSA) is 71.1 Å². The zero-order valence-electron chi connectivity index (χ0n) is 16.9. The maximum absolute atomic E-state index is 12.6. The van der Waals surface area contributed by atoms with Gasteiger partial charge in [0.05, 0.1) is 11.1 Å². The number of rotatable bonds is 5. The fourth-order valence-electron chi connectivity index (χ4n) is 2.83. The molecule has 2 amide bonds. The Labute approximate surface area is 171 Å². The summed E-state index contributed by atoms with van der Waals surface area (Å²) in [6.07, 6.45) is 2.90. The van der Waals surface area contributed by atoms with Crippen LogP contribution in [0.4, 0.5) is 5.69 Å². The van der Waals surface area contributed by atoms with Crippen molar-refractivity contribution in [1.29, 1.82) is 0 Å². The monoisotopic (exact) mass is 387 g/mol. The van der Waals surface area contributed by atoms with Crippen LogP contribution < -0.4 is 10.6 Å². The van der Waals surface area contributed by atoms with E-state index in [-0.39, 0.29) is 17.2 Å². The van der Waals surface area contributed by atoms with Crippen molar-refractivity contribution in [3.8, 4) is 0 Å². The number of nitrogens with zero attached hydrogens (tertiary/aromatic N) is 1. The first kappa shape index (κ1) is 20.3. The average Bonchev–Trinajstić information content (AvgIpc) is 2.72. The van der Waals surface area contributed by atoms with Crippen LogP contribution in [0, 0.1) is 0 Å². The Bertz CT molecular complexity index is 991. The van der Waals surface area contributed by atoms with Crippen molar-refractivity contribution in [3.63, 3.8) is 0 Å². The first-order valence-corrected chi connectivity index (χ1v) is 9.52. The van der Waals surface area contributed by atoms with E-state index in [4.69, 9.17) is 0 Å². The minimum Gasteiger partial charge on any atom is -0.348 e. The van der Waals surface area contributed by atoms with Crippen LogP contribution in [-0.2, 0) is 12.0 Å². The molecule has 0 saturated heterocycles.